The SMILES string of the molecule is O=c1oc2cc(Oc3ccc(S(=O)(=O)N4CCCC4)cc3[N+](=O)[O-])ccc2c2c1CCC2. The van der Waals surface area contributed by atoms with Crippen molar-refractivity contribution < 1.29 is 22.5 Å². The third-order valence-electron chi connectivity index (χ3n) is 6.00. The molecule has 5 rings (SSSR count). The number of fused-ring (bicyclic) bond motifs is 3. The van der Waals surface area contributed by atoms with Crippen molar-refractivity contribution in [2.24, 2.45) is 0 Å². The third-order valence-corrected chi connectivity index (χ3v) is 7.90. The van der Waals surface area contributed by atoms with E-state index < -0.39 is 20.6 Å². The van der Waals surface area contributed by atoms with Crippen molar-refractivity contribution in [3.05, 3.63) is 68.1 Å². The second-order valence-corrected chi connectivity index (χ2v) is 9.90. The van der Waals surface area contributed by atoms with Crippen LogP contribution in [0.2, 0.25) is 0 Å². The molecule has 166 valence electrons. The van der Waals surface area contributed by atoms with Crippen LogP contribution in [0.15, 0.2) is 50.5 Å². The summed E-state index contributed by atoms with van der Waals surface area (Å²) in [5.74, 6) is 0.148. The highest BCUT2D eigenvalue weighted by Gasteiger charge is 2.30. The molecule has 2 aliphatic rings. The van der Waals surface area contributed by atoms with E-state index in [0.717, 1.165) is 42.7 Å². The molecule has 1 fully saturated rings. The van der Waals surface area contributed by atoms with Crippen molar-refractivity contribution in [1.82, 2.24) is 4.31 Å². The maximum absolute atomic E-state index is 12.8. The van der Waals surface area contributed by atoms with E-state index in [2.05, 4.69) is 0 Å². The minimum Gasteiger partial charge on any atom is -0.450 e. The van der Waals surface area contributed by atoms with E-state index in [-0.39, 0.29) is 22.0 Å². The fourth-order valence-corrected chi connectivity index (χ4v) is 5.96. The topological polar surface area (TPSA) is 120 Å². The Labute approximate surface area is 183 Å². The van der Waals surface area contributed by atoms with Gasteiger partial charge in [-0.2, -0.15) is 4.31 Å². The standard InChI is InChI=1S/C22H20N2O7S/c25-22-18-5-3-4-16(18)17-8-6-14(12-21(17)31-22)30-20-9-7-15(13-19(20)24(26)27)32(28,29)23-10-1-2-11-23/h6-9,12-13H,1-5,10-11H2. The number of hydrogen-bond acceptors (Lipinski definition) is 7. The number of nitro benzene ring substituents is 1. The lowest BCUT2D eigenvalue weighted by Gasteiger charge is -2.16. The fraction of sp³-hybridized carbons (Fsp3) is 0.318. The molecule has 0 N–H and O–H groups in total. The van der Waals surface area contributed by atoms with Gasteiger partial charge in [0.2, 0.25) is 15.8 Å². The Morgan fingerprint density at radius 1 is 1.00 bits per heavy atom. The molecule has 1 saturated heterocycles. The van der Waals surface area contributed by atoms with Crippen LogP contribution in [-0.2, 0) is 22.9 Å². The number of nitrogens with zero attached hydrogens (tertiary/aromatic N) is 2. The van der Waals surface area contributed by atoms with Gasteiger partial charge in [0.15, 0.2) is 0 Å². The summed E-state index contributed by atoms with van der Waals surface area (Å²) in [6.07, 6.45) is 3.94. The molecule has 0 atom stereocenters. The predicted octanol–water partition coefficient (Wildman–Crippen LogP) is 3.77. The summed E-state index contributed by atoms with van der Waals surface area (Å²) < 4.78 is 38.0. The maximum Gasteiger partial charge on any atom is 0.339 e. The Kier molecular flexibility index (Phi) is 4.98. The van der Waals surface area contributed by atoms with Gasteiger partial charge >= 0.3 is 11.3 Å². The third kappa shape index (κ3) is 3.45. The first-order valence-corrected chi connectivity index (χ1v) is 11.8. The van der Waals surface area contributed by atoms with E-state index >= 15 is 0 Å². The first kappa shape index (κ1) is 20.7. The van der Waals surface area contributed by atoms with Crippen LogP contribution in [0.25, 0.3) is 11.0 Å². The molecule has 32 heavy (non-hydrogen) atoms. The molecule has 10 heteroatoms. The van der Waals surface area contributed by atoms with Crippen molar-refractivity contribution in [3.8, 4) is 11.5 Å². The molecule has 2 aromatic carbocycles. The van der Waals surface area contributed by atoms with Gasteiger partial charge in [0.25, 0.3) is 0 Å². The Hall–Kier alpha value is -3.24. The molecular formula is C22H20N2O7S. The summed E-state index contributed by atoms with van der Waals surface area (Å²) in [5.41, 5.74) is 1.20. The fourth-order valence-electron chi connectivity index (χ4n) is 4.42. The van der Waals surface area contributed by atoms with Gasteiger partial charge in [-0.15, -0.1) is 0 Å². The van der Waals surface area contributed by atoms with Crippen LogP contribution < -0.4 is 10.4 Å². The van der Waals surface area contributed by atoms with Crippen LogP contribution in [0.5, 0.6) is 11.5 Å². The summed E-state index contributed by atoms with van der Waals surface area (Å²) in [5, 5.41) is 12.5. The van der Waals surface area contributed by atoms with Gasteiger partial charge in [-0.25, -0.2) is 13.2 Å². The Balaban J connectivity index is 1.51. The van der Waals surface area contributed by atoms with Gasteiger partial charge in [-0.3, -0.25) is 10.1 Å². The summed E-state index contributed by atoms with van der Waals surface area (Å²) >= 11 is 0. The van der Waals surface area contributed by atoms with Crippen molar-refractivity contribution in [1.29, 1.82) is 0 Å². The summed E-state index contributed by atoms with van der Waals surface area (Å²) in [7, 11) is -3.80. The molecule has 2 heterocycles. The smallest absolute Gasteiger partial charge is 0.339 e. The molecule has 1 aliphatic heterocycles. The molecule has 0 bridgehead atoms. The molecule has 0 radical (unpaired) electrons. The number of ether oxygens (including phenoxy) is 1. The molecule has 0 saturated carbocycles. The van der Waals surface area contributed by atoms with Gasteiger partial charge in [0.05, 0.1) is 9.82 Å². The molecular weight excluding hydrogens is 436 g/mol. The monoisotopic (exact) mass is 456 g/mol. The highest BCUT2D eigenvalue weighted by molar-refractivity contribution is 7.89. The highest BCUT2D eigenvalue weighted by Crippen LogP contribution is 2.36. The summed E-state index contributed by atoms with van der Waals surface area (Å²) in [6.45, 7) is 0.806. The van der Waals surface area contributed by atoms with Crippen molar-refractivity contribution in [2.45, 2.75) is 37.0 Å². The van der Waals surface area contributed by atoms with Crippen molar-refractivity contribution >= 4 is 26.7 Å². The van der Waals surface area contributed by atoms with E-state index in [1.165, 1.54) is 22.5 Å². The van der Waals surface area contributed by atoms with Crippen LogP contribution >= 0.6 is 0 Å². The van der Waals surface area contributed by atoms with Crippen LogP contribution in [-0.4, -0.2) is 30.7 Å². The lowest BCUT2D eigenvalue weighted by molar-refractivity contribution is -0.385. The van der Waals surface area contributed by atoms with E-state index in [1.54, 1.807) is 12.1 Å². The van der Waals surface area contributed by atoms with Gasteiger partial charge < -0.3 is 9.15 Å². The number of hydrogen-bond donors (Lipinski definition) is 0. The average Bonchev–Trinajstić information content (AvgIpc) is 3.47. The Morgan fingerprint density at radius 3 is 2.50 bits per heavy atom. The molecule has 3 aromatic rings. The molecule has 1 aliphatic carbocycles. The molecule has 0 unspecified atom stereocenters. The lowest BCUT2D eigenvalue weighted by Crippen LogP contribution is -2.27. The zero-order valence-electron chi connectivity index (χ0n) is 17.1. The first-order valence-electron chi connectivity index (χ1n) is 10.4. The maximum atomic E-state index is 12.8. The summed E-state index contributed by atoms with van der Waals surface area (Å²) in [6, 6.07) is 8.56. The quantitative estimate of drug-likeness (QED) is 0.326. The second kappa shape index (κ2) is 7.72. The van der Waals surface area contributed by atoms with Crippen LogP contribution in [0, 0.1) is 10.1 Å². The van der Waals surface area contributed by atoms with Crippen LogP contribution in [0.3, 0.4) is 0 Å². The highest BCUT2D eigenvalue weighted by atomic mass is 32.2. The van der Waals surface area contributed by atoms with E-state index in [9.17, 15) is 23.3 Å². The lowest BCUT2D eigenvalue weighted by atomic mass is 10.1. The number of nitro groups is 1. The van der Waals surface area contributed by atoms with Crippen molar-refractivity contribution in [2.75, 3.05) is 13.1 Å². The largest absolute Gasteiger partial charge is 0.450 e. The van der Waals surface area contributed by atoms with Crippen LogP contribution in [0.1, 0.15) is 30.4 Å². The Morgan fingerprint density at radius 2 is 1.75 bits per heavy atom. The second-order valence-electron chi connectivity index (χ2n) is 7.96. The average molecular weight is 456 g/mol. The number of rotatable bonds is 5. The predicted molar refractivity (Wildman–Crippen MR) is 116 cm³/mol. The summed E-state index contributed by atoms with van der Waals surface area (Å²) in [4.78, 5) is 23.1. The van der Waals surface area contributed by atoms with E-state index in [1.807, 2.05) is 0 Å². The zero-order valence-corrected chi connectivity index (χ0v) is 17.9. The van der Waals surface area contributed by atoms with Gasteiger partial charge in [0.1, 0.15) is 11.3 Å². The van der Waals surface area contributed by atoms with Crippen molar-refractivity contribution in [3.63, 3.8) is 0 Å². The number of aryl methyl sites for hydroxylation is 1. The molecule has 0 amide bonds. The first-order chi connectivity index (χ1) is 15.3. The van der Waals surface area contributed by atoms with Gasteiger partial charge in [-0.1, -0.05) is 0 Å². The Bertz CT molecular complexity index is 1410. The number of sulfonamides is 1. The number of benzene rings is 2. The normalized spacial score (nSPS) is 16.4. The van der Waals surface area contributed by atoms with E-state index in [0.29, 0.717) is 30.7 Å². The molecule has 0 spiro atoms. The molecule has 9 nitrogen and oxygen atoms in total. The zero-order chi connectivity index (χ0) is 22.5. The minimum atomic E-state index is -3.80. The molecule has 1 aromatic heterocycles. The van der Waals surface area contributed by atoms with Gasteiger partial charge in [-0.05, 0) is 61.9 Å². The minimum absolute atomic E-state index is 0.0989. The van der Waals surface area contributed by atoms with Crippen LogP contribution in [0.4, 0.5) is 5.69 Å². The van der Waals surface area contributed by atoms with Gasteiger partial charge in [0, 0.05) is 36.2 Å². The van der Waals surface area contributed by atoms with E-state index in [4.69, 9.17) is 9.15 Å².